The number of morpholine rings is 1. The summed E-state index contributed by atoms with van der Waals surface area (Å²) in [6, 6.07) is 15.8. The highest BCUT2D eigenvalue weighted by Crippen LogP contribution is 2.32. The monoisotopic (exact) mass is 313 g/mol. The van der Waals surface area contributed by atoms with Gasteiger partial charge in [0, 0.05) is 19.6 Å². The SMILES string of the molecule is Cc1ccccc1Oc1ccccc1OCCN1CCOCC1. The van der Waals surface area contributed by atoms with Crippen LogP contribution in [-0.2, 0) is 4.74 Å². The molecule has 0 spiro atoms. The molecule has 4 heteroatoms. The Labute approximate surface area is 137 Å². The van der Waals surface area contributed by atoms with Gasteiger partial charge in [0.15, 0.2) is 11.5 Å². The third-order valence-corrected chi connectivity index (χ3v) is 3.93. The van der Waals surface area contributed by atoms with Crippen LogP contribution in [0.2, 0.25) is 0 Å². The third kappa shape index (κ3) is 4.47. The van der Waals surface area contributed by atoms with Crippen molar-refractivity contribution in [3.05, 3.63) is 54.1 Å². The van der Waals surface area contributed by atoms with Gasteiger partial charge in [-0.1, -0.05) is 30.3 Å². The Kier molecular flexibility index (Phi) is 5.51. The van der Waals surface area contributed by atoms with Gasteiger partial charge in [-0.15, -0.1) is 0 Å². The van der Waals surface area contributed by atoms with Crippen molar-refractivity contribution in [2.45, 2.75) is 6.92 Å². The number of aryl methyl sites for hydroxylation is 1. The summed E-state index contributed by atoms with van der Waals surface area (Å²) in [5.74, 6) is 2.39. The van der Waals surface area contributed by atoms with Crippen LogP contribution in [-0.4, -0.2) is 44.4 Å². The molecule has 2 aromatic rings. The van der Waals surface area contributed by atoms with Crippen molar-refractivity contribution in [2.75, 3.05) is 39.5 Å². The van der Waals surface area contributed by atoms with Crippen molar-refractivity contribution in [1.82, 2.24) is 4.90 Å². The first-order valence-electron chi connectivity index (χ1n) is 8.08. The highest BCUT2D eigenvalue weighted by molar-refractivity contribution is 5.44. The van der Waals surface area contributed by atoms with Crippen molar-refractivity contribution in [3.8, 4) is 17.2 Å². The van der Waals surface area contributed by atoms with E-state index in [2.05, 4.69) is 4.90 Å². The molecule has 2 aromatic carbocycles. The summed E-state index contributed by atoms with van der Waals surface area (Å²) in [4.78, 5) is 2.36. The second-order valence-electron chi connectivity index (χ2n) is 5.62. The Morgan fingerprint density at radius 3 is 2.30 bits per heavy atom. The molecule has 0 N–H and O–H groups in total. The Hall–Kier alpha value is -2.04. The van der Waals surface area contributed by atoms with Crippen LogP contribution in [0.1, 0.15) is 5.56 Å². The molecule has 4 nitrogen and oxygen atoms in total. The van der Waals surface area contributed by atoms with Crippen LogP contribution >= 0.6 is 0 Å². The van der Waals surface area contributed by atoms with Crippen LogP contribution in [0.4, 0.5) is 0 Å². The minimum atomic E-state index is 0.647. The maximum atomic E-state index is 6.02. The molecule has 0 unspecified atom stereocenters. The molecular formula is C19H23NO3. The second-order valence-corrected chi connectivity index (χ2v) is 5.62. The number of hydrogen-bond acceptors (Lipinski definition) is 4. The predicted octanol–water partition coefficient (Wildman–Crippen LogP) is 3.50. The van der Waals surface area contributed by atoms with Gasteiger partial charge >= 0.3 is 0 Å². The standard InChI is InChI=1S/C19H23NO3/c1-16-6-2-3-7-17(16)23-19-9-5-4-8-18(19)22-15-12-20-10-13-21-14-11-20/h2-9H,10-15H2,1H3. The molecule has 122 valence electrons. The first kappa shape index (κ1) is 15.8. The van der Waals surface area contributed by atoms with Crippen LogP contribution in [0.15, 0.2) is 48.5 Å². The summed E-state index contributed by atoms with van der Waals surface area (Å²) < 4.78 is 17.3. The van der Waals surface area contributed by atoms with Crippen molar-refractivity contribution in [2.24, 2.45) is 0 Å². The van der Waals surface area contributed by atoms with Gasteiger partial charge in [-0.25, -0.2) is 0 Å². The van der Waals surface area contributed by atoms with E-state index >= 15 is 0 Å². The fourth-order valence-electron chi connectivity index (χ4n) is 2.55. The largest absolute Gasteiger partial charge is 0.488 e. The van der Waals surface area contributed by atoms with E-state index in [1.54, 1.807) is 0 Å². The summed E-state index contributed by atoms with van der Waals surface area (Å²) in [6.07, 6.45) is 0. The molecule has 1 heterocycles. The summed E-state index contributed by atoms with van der Waals surface area (Å²) in [5.41, 5.74) is 1.11. The van der Waals surface area contributed by atoms with Gasteiger partial charge in [-0.3, -0.25) is 4.90 Å². The van der Waals surface area contributed by atoms with Gasteiger partial charge in [0.1, 0.15) is 12.4 Å². The Bertz CT molecular complexity index is 624. The maximum Gasteiger partial charge on any atom is 0.169 e. The zero-order chi connectivity index (χ0) is 15.9. The van der Waals surface area contributed by atoms with Gasteiger partial charge in [-0.05, 0) is 30.7 Å². The molecule has 1 aliphatic heterocycles. The van der Waals surface area contributed by atoms with Crippen LogP contribution in [0, 0.1) is 6.92 Å². The molecule has 0 bridgehead atoms. The quantitative estimate of drug-likeness (QED) is 0.817. The molecule has 3 rings (SSSR count). The first-order valence-corrected chi connectivity index (χ1v) is 8.08. The van der Waals surface area contributed by atoms with E-state index < -0.39 is 0 Å². The average Bonchev–Trinajstić information content (AvgIpc) is 2.59. The van der Waals surface area contributed by atoms with Crippen molar-refractivity contribution in [1.29, 1.82) is 0 Å². The fourth-order valence-corrected chi connectivity index (χ4v) is 2.55. The van der Waals surface area contributed by atoms with Crippen LogP contribution in [0.25, 0.3) is 0 Å². The van der Waals surface area contributed by atoms with Crippen molar-refractivity contribution < 1.29 is 14.2 Å². The lowest BCUT2D eigenvalue weighted by molar-refractivity contribution is 0.0321. The van der Waals surface area contributed by atoms with Gasteiger partial charge in [0.2, 0.25) is 0 Å². The average molecular weight is 313 g/mol. The van der Waals surface area contributed by atoms with E-state index in [4.69, 9.17) is 14.2 Å². The molecule has 0 amide bonds. The predicted molar refractivity (Wildman–Crippen MR) is 90.4 cm³/mol. The molecule has 23 heavy (non-hydrogen) atoms. The Balaban J connectivity index is 1.60. The second kappa shape index (κ2) is 7.99. The van der Waals surface area contributed by atoms with E-state index in [0.29, 0.717) is 6.61 Å². The van der Waals surface area contributed by atoms with E-state index in [1.807, 2.05) is 55.5 Å². The minimum absolute atomic E-state index is 0.647. The van der Waals surface area contributed by atoms with Crippen LogP contribution in [0.3, 0.4) is 0 Å². The highest BCUT2D eigenvalue weighted by atomic mass is 16.5. The maximum absolute atomic E-state index is 6.02. The van der Waals surface area contributed by atoms with Gasteiger partial charge in [0.25, 0.3) is 0 Å². The molecule has 1 aliphatic rings. The molecule has 1 fully saturated rings. The molecule has 0 atom stereocenters. The first-order chi connectivity index (χ1) is 11.3. The number of nitrogens with zero attached hydrogens (tertiary/aromatic N) is 1. The number of para-hydroxylation sites is 3. The highest BCUT2D eigenvalue weighted by Gasteiger charge is 2.11. The minimum Gasteiger partial charge on any atom is -0.488 e. The number of benzene rings is 2. The number of ether oxygens (including phenoxy) is 3. The molecular weight excluding hydrogens is 290 g/mol. The van der Waals surface area contributed by atoms with E-state index in [1.165, 1.54) is 0 Å². The number of hydrogen-bond donors (Lipinski definition) is 0. The lowest BCUT2D eigenvalue weighted by Crippen LogP contribution is -2.38. The van der Waals surface area contributed by atoms with Crippen molar-refractivity contribution >= 4 is 0 Å². The van der Waals surface area contributed by atoms with Crippen molar-refractivity contribution in [3.63, 3.8) is 0 Å². The summed E-state index contributed by atoms with van der Waals surface area (Å²) in [7, 11) is 0. The molecule has 0 saturated carbocycles. The topological polar surface area (TPSA) is 30.9 Å². The van der Waals surface area contributed by atoms with Crippen LogP contribution < -0.4 is 9.47 Å². The third-order valence-electron chi connectivity index (χ3n) is 3.93. The zero-order valence-corrected chi connectivity index (χ0v) is 13.5. The lowest BCUT2D eigenvalue weighted by Gasteiger charge is -2.26. The van der Waals surface area contributed by atoms with Crippen LogP contribution in [0.5, 0.6) is 17.2 Å². The van der Waals surface area contributed by atoms with Gasteiger partial charge in [-0.2, -0.15) is 0 Å². The van der Waals surface area contributed by atoms with E-state index in [0.717, 1.165) is 55.7 Å². The summed E-state index contributed by atoms with van der Waals surface area (Å²) in [5, 5.41) is 0. The summed E-state index contributed by atoms with van der Waals surface area (Å²) >= 11 is 0. The van der Waals surface area contributed by atoms with E-state index in [-0.39, 0.29) is 0 Å². The Morgan fingerprint density at radius 2 is 1.57 bits per heavy atom. The number of rotatable bonds is 6. The molecule has 1 saturated heterocycles. The Morgan fingerprint density at radius 1 is 0.913 bits per heavy atom. The molecule has 0 aliphatic carbocycles. The summed E-state index contributed by atoms with van der Waals surface area (Å²) in [6.45, 7) is 7.17. The normalized spacial score (nSPS) is 15.3. The smallest absolute Gasteiger partial charge is 0.169 e. The van der Waals surface area contributed by atoms with Gasteiger partial charge < -0.3 is 14.2 Å². The fraction of sp³-hybridized carbons (Fsp3) is 0.368. The molecule has 0 aromatic heterocycles. The molecule has 0 radical (unpaired) electrons. The van der Waals surface area contributed by atoms with Gasteiger partial charge in [0.05, 0.1) is 13.2 Å². The zero-order valence-electron chi connectivity index (χ0n) is 13.5. The lowest BCUT2D eigenvalue weighted by atomic mass is 10.2. The van der Waals surface area contributed by atoms with E-state index in [9.17, 15) is 0 Å².